The number of nitrogens with zero attached hydrogens (tertiary/aromatic N) is 3. The Balaban J connectivity index is 1.80. The number of hydrogen-bond acceptors (Lipinski definition) is 6. The number of anilines is 1. The molecule has 0 aliphatic carbocycles. The van der Waals surface area contributed by atoms with Crippen LogP contribution in [0, 0.1) is 0 Å². The summed E-state index contributed by atoms with van der Waals surface area (Å²) in [7, 11) is 1.57. The number of hydrogen-bond donors (Lipinski definition) is 1. The first-order valence-corrected chi connectivity index (χ1v) is 6.85. The Morgan fingerprint density at radius 2 is 1.77 bits per heavy atom. The van der Waals surface area contributed by atoms with Gasteiger partial charge in [0.1, 0.15) is 30.0 Å². The Bertz CT molecular complexity index is 859. The van der Waals surface area contributed by atoms with Gasteiger partial charge in [-0.25, -0.2) is 0 Å². The van der Waals surface area contributed by atoms with Crippen molar-refractivity contribution >= 4 is 16.7 Å². The Labute approximate surface area is 126 Å². The van der Waals surface area contributed by atoms with Gasteiger partial charge in [0.15, 0.2) is 11.5 Å². The van der Waals surface area contributed by atoms with Crippen molar-refractivity contribution < 1.29 is 14.2 Å². The van der Waals surface area contributed by atoms with E-state index in [1.807, 2.05) is 18.2 Å². The molecular weight excluding hydrogens is 284 g/mol. The zero-order valence-corrected chi connectivity index (χ0v) is 11.9. The summed E-state index contributed by atoms with van der Waals surface area (Å²) >= 11 is 0. The van der Waals surface area contributed by atoms with Crippen LogP contribution in [-0.4, -0.2) is 35.3 Å². The van der Waals surface area contributed by atoms with Crippen LogP contribution in [0.15, 0.2) is 30.3 Å². The van der Waals surface area contributed by atoms with Crippen LogP contribution >= 0.6 is 0 Å². The zero-order valence-electron chi connectivity index (χ0n) is 11.9. The van der Waals surface area contributed by atoms with Crippen LogP contribution in [0.1, 0.15) is 0 Å². The average Bonchev–Trinajstić information content (AvgIpc) is 2.96. The van der Waals surface area contributed by atoms with Gasteiger partial charge < -0.3 is 19.9 Å². The smallest absolute Gasteiger partial charge is 0.163 e. The fourth-order valence-electron chi connectivity index (χ4n) is 2.41. The quantitative estimate of drug-likeness (QED) is 0.726. The fourth-order valence-corrected chi connectivity index (χ4v) is 2.41. The lowest BCUT2D eigenvalue weighted by atomic mass is 10.2. The van der Waals surface area contributed by atoms with Crippen molar-refractivity contribution in [1.82, 2.24) is 15.0 Å². The molecule has 2 N–H and O–H groups in total. The summed E-state index contributed by atoms with van der Waals surface area (Å²) in [6.45, 7) is 1.11. The first-order valence-electron chi connectivity index (χ1n) is 6.85. The van der Waals surface area contributed by atoms with E-state index in [2.05, 4.69) is 10.2 Å². The molecule has 22 heavy (non-hydrogen) atoms. The molecule has 2 heterocycles. The summed E-state index contributed by atoms with van der Waals surface area (Å²) in [4.78, 5) is 1.54. The number of aromatic nitrogens is 3. The van der Waals surface area contributed by atoms with E-state index in [-0.39, 0.29) is 0 Å². The molecule has 4 rings (SSSR count). The first-order chi connectivity index (χ1) is 10.7. The molecule has 2 aromatic carbocycles. The summed E-state index contributed by atoms with van der Waals surface area (Å²) in [6.07, 6.45) is 0. The Morgan fingerprint density at radius 1 is 1.05 bits per heavy atom. The van der Waals surface area contributed by atoms with Crippen LogP contribution in [-0.2, 0) is 0 Å². The van der Waals surface area contributed by atoms with Crippen LogP contribution in [0.4, 0.5) is 5.69 Å². The predicted octanol–water partition coefficient (Wildman–Crippen LogP) is 1.78. The van der Waals surface area contributed by atoms with E-state index >= 15 is 0 Å². The van der Waals surface area contributed by atoms with Crippen LogP contribution in [0.25, 0.3) is 16.7 Å². The van der Waals surface area contributed by atoms with Gasteiger partial charge in [0, 0.05) is 12.1 Å². The number of nitrogens with two attached hydrogens (primary N) is 1. The number of methoxy groups -OCH3 is 1. The Kier molecular flexibility index (Phi) is 2.78. The van der Waals surface area contributed by atoms with E-state index in [1.54, 1.807) is 24.0 Å². The molecule has 7 nitrogen and oxygen atoms in total. The zero-order chi connectivity index (χ0) is 15.1. The van der Waals surface area contributed by atoms with Crippen molar-refractivity contribution in [2.24, 2.45) is 0 Å². The van der Waals surface area contributed by atoms with Gasteiger partial charge in [-0.2, -0.15) is 4.80 Å². The summed E-state index contributed by atoms with van der Waals surface area (Å²) < 4.78 is 16.3. The van der Waals surface area contributed by atoms with E-state index in [1.165, 1.54) is 0 Å². The molecule has 0 fully saturated rings. The third-order valence-electron chi connectivity index (χ3n) is 3.49. The minimum atomic E-state index is 0.532. The molecule has 0 spiro atoms. The fraction of sp³-hybridized carbons (Fsp3) is 0.200. The number of fused-ring (bicyclic) bond motifs is 2. The summed E-state index contributed by atoms with van der Waals surface area (Å²) in [5.41, 5.74) is 8.63. The molecule has 0 bridgehead atoms. The minimum absolute atomic E-state index is 0.532. The standard InChI is InChI=1S/C15H14N4O3/c1-20-14-8-12-11(7-10(14)16)17-19(18-12)9-2-3-13-15(6-9)22-5-4-21-13/h2-3,6-8H,4-5,16H2,1H3. The molecule has 1 aliphatic rings. The Hall–Kier alpha value is -2.96. The van der Waals surface area contributed by atoms with Crippen molar-refractivity contribution in [1.29, 1.82) is 0 Å². The van der Waals surface area contributed by atoms with Crippen LogP contribution in [0.2, 0.25) is 0 Å². The highest BCUT2D eigenvalue weighted by atomic mass is 16.6. The van der Waals surface area contributed by atoms with E-state index in [0.717, 1.165) is 11.4 Å². The maximum absolute atomic E-state index is 5.90. The van der Waals surface area contributed by atoms with Gasteiger partial charge in [0.05, 0.1) is 18.5 Å². The van der Waals surface area contributed by atoms with E-state index in [0.29, 0.717) is 41.4 Å². The van der Waals surface area contributed by atoms with Crippen LogP contribution in [0.3, 0.4) is 0 Å². The second-order valence-corrected chi connectivity index (χ2v) is 4.90. The van der Waals surface area contributed by atoms with E-state index < -0.39 is 0 Å². The molecular formula is C15H14N4O3. The third-order valence-corrected chi connectivity index (χ3v) is 3.49. The van der Waals surface area contributed by atoms with Gasteiger partial charge >= 0.3 is 0 Å². The summed E-state index contributed by atoms with van der Waals surface area (Å²) in [6, 6.07) is 9.11. The molecule has 112 valence electrons. The number of ether oxygens (including phenoxy) is 3. The minimum Gasteiger partial charge on any atom is -0.495 e. The Morgan fingerprint density at radius 3 is 2.55 bits per heavy atom. The van der Waals surface area contributed by atoms with Crippen molar-refractivity contribution in [3.05, 3.63) is 30.3 Å². The van der Waals surface area contributed by atoms with Crippen LogP contribution in [0.5, 0.6) is 17.2 Å². The summed E-state index contributed by atoms with van der Waals surface area (Å²) in [5, 5.41) is 8.90. The van der Waals surface area contributed by atoms with Gasteiger partial charge in [-0.05, 0) is 18.2 Å². The molecule has 7 heteroatoms. The largest absolute Gasteiger partial charge is 0.495 e. The topological polar surface area (TPSA) is 84.4 Å². The molecule has 0 saturated heterocycles. The maximum Gasteiger partial charge on any atom is 0.163 e. The number of nitrogen functional groups attached to an aromatic ring is 1. The van der Waals surface area contributed by atoms with Crippen molar-refractivity contribution in [3.63, 3.8) is 0 Å². The van der Waals surface area contributed by atoms with E-state index in [4.69, 9.17) is 19.9 Å². The SMILES string of the molecule is COc1cc2nn(-c3ccc4c(c3)OCCO4)nc2cc1N. The predicted molar refractivity (Wildman–Crippen MR) is 80.8 cm³/mol. The van der Waals surface area contributed by atoms with Gasteiger partial charge in [-0.3, -0.25) is 0 Å². The van der Waals surface area contributed by atoms with Gasteiger partial charge in [-0.1, -0.05) is 0 Å². The lowest BCUT2D eigenvalue weighted by Gasteiger charge is -2.18. The highest BCUT2D eigenvalue weighted by Crippen LogP contribution is 2.32. The first kappa shape index (κ1) is 12.8. The average molecular weight is 298 g/mol. The molecule has 0 saturated carbocycles. The highest BCUT2D eigenvalue weighted by molar-refractivity contribution is 5.81. The molecule has 0 amide bonds. The molecule has 0 atom stereocenters. The summed E-state index contributed by atoms with van der Waals surface area (Å²) in [5.74, 6) is 2.02. The highest BCUT2D eigenvalue weighted by Gasteiger charge is 2.14. The van der Waals surface area contributed by atoms with Gasteiger partial charge in [0.2, 0.25) is 0 Å². The lowest BCUT2D eigenvalue weighted by molar-refractivity contribution is 0.171. The maximum atomic E-state index is 5.90. The van der Waals surface area contributed by atoms with Gasteiger partial charge in [-0.15, -0.1) is 10.2 Å². The molecule has 3 aromatic rings. The normalized spacial score (nSPS) is 13.3. The van der Waals surface area contributed by atoms with Crippen molar-refractivity contribution in [2.75, 3.05) is 26.1 Å². The second kappa shape index (κ2) is 4.80. The molecule has 1 aromatic heterocycles. The monoisotopic (exact) mass is 298 g/mol. The lowest BCUT2D eigenvalue weighted by Crippen LogP contribution is -2.15. The van der Waals surface area contributed by atoms with Crippen molar-refractivity contribution in [2.45, 2.75) is 0 Å². The van der Waals surface area contributed by atoms with E-state index in [9.17, 15) is 0 Å². The third kappa shape index (κ3) is 1.98. The van der Waals surface area contributed by atoms with Crippen molar-refractivity contribution in [3.8, 4) is 22.9 Å². The number of benzene rings is 2. The van der Waals surface area contributed by atoms with Crippen LogP contribution < -0.4 is 19.9 Å². The number of rotatable bonds is 2. The van der Waals surface area contributed by atoms with Gasteiger partial charge in [0.25, 0.3) is 0 Å². The molecule has 0 radical (unpaired) electrons. The molecule has 1 aliphatic heterocycles. The second-order valence-electron chi connectivity index (χ2n) is 4.90. The molecule has 0 unspecified atom stereocenters.